The smallest absolute Gasteiger partial charge is 0.328 e. The lowest BCUT2D eigenvalue weighted by Gasteiger charge is -2.27. The van der Waals surface area contributed by atoms with E-state index < -0.39 is 97.3 Å². The molecule has 1 rings (SSSR count). The van der Waals surface area contributed by atoms with Gasteiger partial charge in [-0.3, -0.25) is 28.8 Å². The van der Waals surface area contributed by atoms with Gasteiger partial charge >= 0.3 is 5.97 Å². The molecule has 17 heteroatoms. The molecule has 0 aliphatic carbocycles. The molecule has 1 saturated heterocycles. The van der Waals surface area contributed by atoms with Crippen molar-refractivity contribution < 1.29 is 48.9 Å². The number of nitrogens with one attached hydrogen (secondary N) is 4. The van der Waals surface area contributed by atoms with Gasteiger partial charge in [0.2, 0.25) is 35.4 Å². The zero-order chi connectivity index (χ0) is 31.4. The van der Waals surface area contributed by atoms with Gasteiger partial charge in [-0.05, 0) is 32.1 Å². The van der Waals surface area contributed by atoms with Gasteiger partial charge in [0.15, 0.2) is 0 Å². The van der Waals surface area contributed by atoms with E-state index in [1.807, 2.05) is 0 Å². The predicted molar refractivity (Wildman–Crippen MR) is 141 cm³/mol. The lowest BCUT2D eigenvalue weighted by molar-refractivity contribution is -0.145. The Morgan fingerprint density at radius 3 is 2.05 bits per heavy atom. The van der Waals surface area contributed by atoms with E-state index in [0.29, 0.717) is 6.42 Å². The molecule has 1 aliphatic heterocycles. The van der Waals surface area contributed by atoms with Gasteiger partial charge in [0, 0.05) is 6.54 Å². The molecule has 1 heterocycles. The monoisotopic (exact) mass is 587 g/mol. The second kappa shape index (κ2) is 16.4. The number of carboxylic acids is 1. The average molecular weight is 588 g/mol. The molecule has 17 nitrogen and oxygen atoms in total. The molecule has 1 aliphatic rings. The number of aliphatic hydroxyl groups is 2. The summed E-state index contributed by atoms with van der Waals surface area (Å²) >= 11 is 0. The highest BCUT2D eigenvalue weighted by atomic mass is 16.4. The van der Waals surface area contributed by atoms with Crippen molar-refractivity contribution in [3.8, 4) is 0 Å². The van der Waals surface area contributed by atoms with Crippen molar-refractivity contribution in [2.45, 2.75) is 82.8 Å². The summed E-state index contributed by atoms with van der Waals surface area (Å²) in [6.07, 6.45) is -1.05. The molecule has 0 aromatic heterocycles. The van der Waals surface area contributed by atoms with Crippen LogP contribution in [0.15, 0.2) is 0 Å². The Balaban J connectivity index is 2.90. The Morgan fingerprint density at radius 1 is 0.927 bits per heavy atom. The van der Waals surface area contributed by atoms with E-state index in [-0.39, 0.29) is 25.3 Å². The van der Waals surface area contributed by atoms with E-state index in [4.69, 9.17) is 21.7 Å². The maximum absolute atomic E-state index is 13.0. The van der Waals surface area contributed by atoms with Gasteiger partial charge in [0.1, 0.15) is 30.2 Å². The lowest BCUT2D eigenvalue weighted by atomic mass is 10.0. The minimum Gasteiger partial charge on any atom is -0.480 e. The number of carboxylic acid groups (broad SMARTS) is 1. The van der Waals surface area contributed by atoms with Gasteiger partial charge in [0.05, 0.1) is 25.7 Å². The first-order valence-electron chi connectivity index (χ1n) is 13.1. The highest BCUT2D eigenvalue weighted by Crippen LogP contribution is 2.17. The topological polar surface area (TPSA) is 284 Å². The van der Waals surface area contributed by atoms with Crippen LogP contribution in [0.4, 0.5) is 0 Å². The molecule has 11 N–H and O–H groups in total. The Bertz CT molecular complexity index is 990. The molecule has 0 aromatic carbocycles. The summed E-state index contributed by atoms with van der Waals surface area (Å²) in [6.45, 7) is 3.60. The largest absolute Gasteiger partial charge is 0.480 e. The zero-order valence-electron chi connectivity index (χ0n) is 23.3. The highest BCUT2D eigenvalue weighted by Gasteiger charge is 2.36. The quantitative estimate of drug-likeness (QED) is 0.0826. The SMILES string of the molecule is CC(C)C[C@H](NC(=O)[C@H](CC(N)=O)NC(=O)[C@@H](N)[C@@H](C)O)C(=O)NCC(=O)N1CCC[C@H]1C(=O)N[C@@H](CO)C(=O)O. The van der Waals surface area contributed by atoms with Crippen molar-refractivity contribution in [3.05, 3.63) is 0 Å². The third kappa shape index (κ3) is 11.3. The number of hydrogen-bond donors (Lipinski definition) is 9. The van der Waals surface area contributed by atoms with Crippen molar-refractivity contribution >= 4 is 41.4 Å². The molecule has 0 spiro atoms. The van der Waals surface area contributed by atoms with E-state index >= 15 is 0 Å². The molecule has 0 unspecified atom stereocenters. The number of nitrogens with zero attached hydrogens (tertiary/aromatic N) is 1. The van der Waals surface area contributed by atoms with Gasteiger partial charge in [0.25, 0.3) is 0 Å². The Hall–Kier alpha value is -3.83. The summed E-state index contributed by atoms with van der Waals surface area (Å²) in [6, 6.07) is -6.61. The van der Waals surface area contributed by atoms with Gasteiger partial charge in [-0.1, -0.05) is 13.8 Å². The summed E-state index contributed by atoms with van der Waals surface area (Å²) < 4.78 is 0. The van der Waals surface area contributed by atoms with Gasteiger partial charge in [-0.25, -0.2) is 4.79 Å². The summed E-state index contributed by atoms with van der Waals surface area (Å²) in [7, 11) is 0. The number of aliphatic hydroxyl groups excluding tert-OH is 2. The van der Waals surface area contributed by atoms with Crippen LogP contribution in [0.2, 0.25) is 0 Å². The van der Waals surface area contributed by atoms with Crippen molar-refractivity contribution in [3.63, 3.8) is 0 Å². The number of likely N-dealkylation sites (tertiary alicyclic amines) is 1. The fourth-order valence-corrected chi connectivity index (χ4v) is 4.05. The van der Waals surface area contributed by atoms with Gasteiger partial charge < -0.3 is 53.0 Å². The minimum atomic E-state index is -1.54. The highest BCUT2D eigenvalue weighted by molar-refractivity contribution is 5.97. The first-order valence-corrected chi connectivity index (χ1v) is 13.1. The molecule has 232 valence electrons. The first kappa shape index (κ1) is 35.2. The molecule has 6 atom stereocenters. The second-order valence-electron chi connectivity index (χ2n) is 10.2. The summed E-state index contributed by atoms with van der Waals surface area (Å²) in [5.74, 6) is -6.47. The number of carbonyl (C=O) groups is 7. The number of rotatable bonds is 16. The van der Waals surface area contributed by atoms with Gasteiger partial charge in [-0.15, -0.1) is 0 Å². The molecule has 0 radical (unpaired) electrons. The predicted octanol–water partition coefficient (Wildman–Crippen LogP) is -4.75. The summed E-state index contributed by atoms with van der Waals surface area (Å²) in [5, 5.41) is 37.0. The lowest BCUT2D eigenvalue weighted by Crippen LogP contribution is -2.58. The Morgan fingerprint density at radius 2 is 1.54 bits per heavy atom. The van der Waals surface area contributed by atoms with Crippen LogP contribution < -0.4 is 32.7 Å². The molecule has 0 bridgehead atoms. The van der Waals surface area contributed by atoms with Crippen molar-refractivity contribution in [2.75, 3.05) is 19.7 Å². The molecular formula is C24H41N7O10. The van der Waals surface area contributed by atoms with E-state index in [1.54, 1.807) is 13.8 Å². The molecule has 0 saturated carbocycles. The van der Waals surface area contributed by atoms with Crippen LogP contribution in [0.5, 0.6) is 0 Å². The zero-order valence-corrected chi connectivity index (χ0v) is 23.3. The molecular weight excluding hydrogens is 546 g/mol. The van der Waals surface area contributed by atoms with Crippen LogP contribution in [0.3, 0.4) is 0 Å². The fraction of sp³-hybridized carbons (Fsp3) is 0.708. The first-order chi connectivity index (χ1) is 19.1. The Kier molecular flexibility index (Phi) is 14.1. The van der Waals surface area contributed by atoms with Crippen LogP contribution in [0, 0.1) is 5.92 Å². The molecule has 0 aromatic rings. The standard InChI is InChI=1S/C24H41N7O10/c1-11(2)7-13(28-21(37)14(8-17(25)34)29-23(39)19(26)12(3)33)20(36)27-9-18(35)31-6-4-5-16(31)22(38)30-15(10-32)24(40)41/h11-16,19,32-33H,4-10,26H2,1-3H3,(H2,25,34)(H,27,36)(H,28,37)(H,29,39)(H,30,38)(H,40,41)/t12-,13+,14+,15+,16+,19+/m1/s1. The van der Waals surface area contributed by atoms with Crippen LogP contribution in [-0.2, 0) is 33.6 Å². The number of aliphatic carboxylic acids is 1. The van der Waals surface area contributed by atoms with Crippen LogP contribution >= 0.6 is 0 Å². The average Bonchev–Trinajstić information content (AvgIpc) is 3.38. The van der Waals surface area contributed by atoms with Crippen LogP contribution in [0.25, 0.3) is 0 Å². The number of carbonyl (C=O) groups excluding carboxylic acids is 6. The number of nitrogens with two attached hydrogens (primary N) is 2. The van der Waals surface area contributed by atoms with Crippen LogP contribution in [-0.4, -0.2) is 118 Å². The van der Waals surface area contributed by atoms with Gasteiger partial charge in [-0.2, -0.15) is 0 Å². The normalized spacial score (nSPS) is 18.4. The number of primary amides is 1. The summed E-state index contributed by atoms with van der Waals surface area (Å²) in [5.41, 5.74) is 10.8. The van der Waals surface area contributed by atoms with E-state index in [1.165, 1.54) is 11.8 Å². The van der Waals surface area contributed by atoms with E-state index in [0.717, 1.165) is 0 Å². The third-order valence-electron chi connectivity index (χ3n) is 6.29. The van der Waals surface area contributed by atoms with E-state index in [2.05, 4.69) is 21.3 Å². The minimum absolute atomic E-state index is 0.114. The maximum Gasteiger partial charge on any atom is 0.328 e. The number of hydrogen-bond acceptors (Lipinski definition) is 10. The molecule has 1 fully saturated rings. The van der Waals surface area contributed by atoms with E-state index in [9.17, 15) is 38.7 Å². The maximum atomic E-state index is 13.0. The Labute approximate surface area is 236 Å². The molecule has 6 amide bonds. The second-order valence-corrected chi connectivity index (χ2v) is 10.2. The summed E-state index contributed by atoms with van der Waals surface area (Å²) in [4.78, 5) is 87.3. The number of amides is 6. The third-order valence-corrected chi connectivity index (χ3v) is 6.29. The fourth-order valence-electron chi connectivity index (χ4n) is 4.05. The molecule has 41 heavy (non-hydrogen) atoms. The van der Waals surface area contributed by atoms with Crippen molar-refractivity contribution in [2.24, 2.45) is 17.4 Å². The van der Waals surface area contributed by atoms with Crippen molar-refractivity contribution in [1.82, 2.24) is 26.2 Å². The van der Waals surface area contributed by atoms with Crippen molar-refractivity contribution in [1.29, 1.82) is 0 Å². The van der Waals surface area contributed by atoms with Crippen LogP contribution in [0.1, 0.15) is 46.5 Å².